The van der Waals surface area contributed by atoms with Gasteiger partial charge >= 0.3 is 0 Å². The third-order valence-electron chi connectivity index (χ3n) is 4.64. The normalized spacial score (nSPS) is 20.3. The first-order valence-electron chi connectivity index (χ1n) is 9.02. The van der Waals surface area contributed by atoms with Gasteiger partial charge in [0.25, 0.3) is 0 Å². The molecule has 1 amide bonds. The molecule has 7 nitrogen and oxygen atoms in total. The van der Waals surface area contributed by atoms with Crippen LogP contribution in [-0.4, -0.2) is 58.0 Å². The molecule has 1 aliphatic rings. The van der Waals surface area contributed by atoms with E-state index in [1.54, 1.807) is 4.90 Å². The van der Waals surface area contributed by atoms with Crippen molar-refractivity contribution in [2.24, 2.45) is 0 Å². The molecule has 1 aromatic heterocycles. The summed E-state index contributed by atoms with van der Waals surface area (Å²) in [5.74, 6) is 1.15. The molecule has 2 heterocycles. The van der Waals surface area contributed by atoms with Crippen molar-refractivity contribution >= 4 is 5.91 Å². The molecule has 26 heavy (non-hydrogen) atoms. The number of carbonyl (C=O) groups excluding carboxylic acids is 1. The molecule has 140 valence electrons. The Morgan fingerprint density at radius 2 is 2.15 bits per heavy atom. The largest absolute Gasteiger partial charge is 0.393 e. The SMILES string of the molecule is CCc1noc(CCC(=O)N2CCO[C@@](CO)(Cc3ccccc3)C2)n1. The fourth-order valence-corrected chi connectivity index (χ4v) is 3.19. The van der Waals surface area contributed by atoms with E-state index in [4.69, 9.17) is 9.26 Å². The molecule has 0 bridgehead atoms. The molecule has 1 aromatic carbocycles. The Balaban J connectivity index is 1.59. The Bertz CT molecular complexity index is 719. The number of benzene rings is 1. The Kier molecular flexibility index (Phi) is 6.00. The van der Waals surface area contributed by atoms with E-state index in [0.29, 0.717) is 57.1 Å². The molecule has 1 atom stereocenters. The number of aliphatic hydroxyl groups is 1. The quantitative estimate of drug-likeness (QED) is 0.804. The van der Waals surface area contributed by atoms with Crippen LogP contribution in [0.15, 0.2) is 34.9 Å². The maximum Gasteiger partial charge on any atom is 0.227 e. The van der Waals surface area contributed by atoms with Crippen molar-refractivity contribution in [2.75, 3.05) is 26.3 Å². The summed E-state index contributed by atoms with van der Waals surface area (Å²) in [6, 6.07) is 9.88. The number of nitrogens with zero attached hydrogens (tertiary/aromatic N) is 3. The summed E-state index contributed by atoms with van der Waals surface area (Å²) >= 11 is 0. The van der Waals surface area contributed by atoms with Crippen molar-refractivity contribution in [1.82, 2.24) is 15.0 Å². The van der Waals surface area contributed by atoms with E-state index >= 15 is 0 Å². The van der Waals surface area contributed by atoms with Gasteiger partial charge in [0.2, 0.25) is 11.8 Å². The van der Waals surface area contributed by atoms with Crippen LogP contribution in [0, 0.1) is 0 Å². The average Bonchev–Trinajstić information content (AvgIpc) is 3.15. The first-order valence-corrected chi connectivity index (χ1v) is 9.02. The minimum absolute atomic E-state index is 0.00966. The van der Waals surface area contributed by atoms with Crippen LogP contribution in [0.3, 0.4) is 0 Å². The zero-order valence-electron chi connectivity index (χ0n) is 15.1. The van der Waals surface area contributed by atoms with Crippen molar-refractivity contribution < 1.29 is 19.2 Å². The summed E-state index contributed by atoms with van der Waals surface area (Å²) in [7, 11) is 0. The molecule has 1 N–H and O–H groups in total. The summed E-state index contributed by atoms with van der Waals surface area (Å²) in [4.78, 5) is 18.6. The maximum absolute atomic E-state index is 12.6. The van der Waals surface area contributed by atoms with Crippen molar-refractivity contribution in [1.29, 1.82) is 0 Å². The number of morpholine rings is 1. The van der Waals surface area contributed by atoms with Crippen LogP contribution in [0.1, 0.15) is 30.6 Å². The van der Waals surface area contributed by atoms with Gasteiger partial charge in [-0.15, -0.1) is 0 Å². The molecule has 0 saturated carbocycles. The van der Waals surface area contributed by atoms with Gasteiger partial charge in [-0.25, -0.2) is 0 Å². The van der Waals surface area contributed by atoms with Crippen LogP contribution < -0.4 is 0 Å². The van der Waals surface area contributed by atoms with Gasteiger partial charge in [-0.1, -0.05) is 42.4 Å². The number of amides is 1. The van der Waals surface area contributed by atoms with Crippen molar-refractivity contribution in [3.8, 4) is 0 Å². The number of carbonyl (C=O) groups is 1. The third-order valence-corrected chi connectivity index (χ3v) is 4.64. The monoisotopic (exact) mass is 359 g/mol. The predicted molar refractivity (Wildman–Crippen MR) is 94.5 cm³/mol. The van der Waals surface area contributed by atoms with Crippen LogP contribution in [0.25, 0.3) is 0 Å². The maximum atomic E-state index is 12.6. The van der Waals surface area contributed by atoms with Gasteiger partial charge in [0, 0.05) is 32.2 Å². The number of aliphatic hydroxyl groups excluding tert-OH is 1. The van der Waals surface area contributed by atoms with Crippen molar-refractivity contribution in [3.05, 3.63) is 47.6 Å². The van der Waals surface area contributed by atoms with Crippen molar-refractivity contribution in [3.63, 3.8) is 0 Å². The lowest BCUT2D eigenvalue weighted by Crippen LogP contribution is -2.56. The van der Waals surface area contributed by atoms with E-state index < -0.39 is 5.60 Å². The molecule has 1 fully saturated rings. The van der Waals surface area contributed by atoms with Crippen molar-refractivity contribution in [2.45, 2.75) is 38.2 Å². The standard InChI is InChI=1S/C19H25N3O4/c1-2-16-20-17(26-21-16)8-9-18(24)22-10-11-25-19(13-22,14-23)12-15-6-4-3-5-7-15/h3-7,23H,2,8-14H2,1H3/t19-/m0/s1. The highest BCUT2D eigenvalue weighted by molar-refractivity contribution is 5.76. The first-order chi connectivity index (χ1) is 12.6. The Labute approximate surface area is 153 Å². The number of ether oxygens (including phenoxy) is 1. The highest BCUT2D eigenvalue weighted by Crippen LogP contribution is 2.23. The minimum Gasteiger partial charge on any atom is -0.393 e. The molecule has 3 rings (SSSR count). The van der Waals surface area contributed by atoms with Gasteiger partial charge in [-0.2, -0.15) is 4.98 Å². The molecule has 0 radical (unpaired) electrons. The second kappa shape index (κ2) is 8.42. The van der Waals surface area contributed by atoms with Crippen LogP contribution in [0.2, 0.25) is 0 Å². The lowest BCUT2D eigenvalue weighted by Gasteiger charge is -2.42. The Hall–Kier alpha value is -2.25. The molecule has 2 aromatic rings. The van der Waals surface area contributed by atoms with Crippen LogP contribution in [0.4, 0.5) is 0 Å². The molecule has 0 unspecified atom stereocenters. The number of aryl methyl sites for hydroxylation is 2. The zero-order valence-corrected chi connectivity index (χ0v) is 15.1. The van der Waals surface area contributed by atoms with E-state index in [-0.39, 0.29) is 12.5 Å². The average molecular weight is 359 g/mol. The van der Waals surface area contributed by atoms with E-state index in [0.717, 1.165) is 5.56 Å². The molecular formula is C19H25N3O4. The van der Waals surface area contributed by atoms with Gasteiger partial charge in [0.15, 0.2) is 5.82 Å². The smallest absolute Gasteiger partial charge is 0.227 e. The predicted octanol–water partition coefficient (Wildman–Crippen LogP) is 1.40. The van der Waals surface area contributed by atoms with Crippen LogP contribution in [0.5, 0.6) is 0 Å². The summed E-state index contributed by atoms with van der Waals surface area (Å²) in [6.07, 6.45) is 2.00. The minimum atomic E-state index is -0.755. The zero-order chi connectivity index (χ0) is 18.4. The van der Waals surface area contributed by atoms with E-state index in [1.165, 1.54) is 0 Å². The Morgan fingerprint density at radius 3 is 2.85 bits per heavy atom. The second-order valence-corrected chi connectivity index (χ2v) is 6.63. The number of hydrogen-bond acceptors (Lipinski definition) is 6. The molecule has 0 aliphatic carbocycles. The highest BCUT2D eigenvalue weighted by Gasteiger charge is 2.38. The second-order valence-electron chi connectivity index (χ2n) is 6.63. The van der Waals surface area contributed by atoms with Crippen LogP contribution in [-0.2, 0) is 28.8 Å². The first kappa shape index (κ1) is 18.5. The van der Waals surface area contributed by atoms with Gasteiger partial charge in [0.1, 0.15) is 5.60 Å². The van der Waals surface area contributed by atoms with Gasteiger partial charge in [-0.3, -0.25) is 4.79 Å². The topological polar surface area (TPSA) is 88.7 Å². The molecule has 1 saturated heterocycles. The summed E-state index contributed by atoms with van der Waals surface area (Å²) in [5.41, 5.74) is 0.323. The van der Waals surface area contributed by atoms with E-state index in [1.807, 2.05) is 37.3 Å². The van der Waals surface area contributed by atoms with Gasteiger partial charge in [-0.05, 0) is 5.56 Å². The molecular weight excluding hydrogens is 334 g/mol. The highest BCUT2D eigenvalue weighted by atomic mass is 16.5. The Morgan fingerprint density at radius 1 is 1.35 bits per heavy atom. The fourth-order valence-electron chi connectivity index (χ4n) is 3.19. The fraction of sp³-hybridized carbons (Fsp3) is 0.526. The number of rotatable bonds is 7. The van der Waals surface area contributed by atoms with E-state index in [9.17, 15) is 9.90 Å². The van der Waals surface area contributed by atoms with Crippen LogP contribution >= 0.6 is 0 Å². The summed E-state index contributed by atoms with van der Waals surface area (Å²) in [6.45, 7) is 3.14. The number of aromatic nitrogens is 2. The molecule has 7 heteroatoms. The third kappa shape index (κ3) is 4.47. The lowest BCUT2D eigenvalue weighted by molar-refractivity contribution is -0.158. The lowest BCUT2D eigenvalue weighted by atomic mass is 9.93. The van der Waals surface area contributed by atoms with E-state index in [2.05, 4.69) is 10.1 Å². The van der Waals surface area contributed by atoms with Gasteiger partial charge in [0.05, 0.1) is 19.8 Å². The molecule has 1 aliphatic heterocycles. The number of hydrogen-bond donors (Lipinski definition) is 1. The van der Waals surface area contributed by atoms with Gasteiger partial charge < -0.3 is 19.3 Å². The molecule has 0 spiro atoms. The summed E-state index contributed by atoms with van der Waals surface area (Å²) in [5, 5.41) is 13.8. The summed E-state index contributed by atoms with van der Waals surface area (Å²) < 4.78 is 11.0.